The third-order valence-corrected chi connectivity index (χ3v) is 5.84. The maximum Gasteiger partial charge on any atom is 0.119 e. The standard InChI is InChI=1S/C29H38N2O3/c1-6-17-30(21-26(32)22-34-28-15-13-27(33-5)14-16-28)20-25-8-7-18-31(25)19-23-9-11-24(12-10-23)29(2,3)4/h6-16,18,26,32H,1,17,19-22H2,2-5H3. The van der Waals surface area contributed by atoms with Crippen molar-refractivity contribution in [2.45, 2.75) is 45.4 Å². The van der Waals surface area contributed by atoms with Gasteiger partial charge in [-0.05, 0) is 52.9 Å². The highest BCUT2D eigenvalue weighted by molar-refractivity contribution is 5.31. The van der Waals surface area contributed by atoms with Crippen molar-refractivity contribution in [2.75, 3.05) is 26.8 Å². The van der Waals surface area contributed by atoms with Gasteiger partial charge in [0.2, 0.25) is 0 Å². The molecule has 5 heteroatoms. The zero-order valence-corrected chi connectivity index (χ0v) is 20.9. The van der Waals surface area contributed by atoms with Crippen LogP contribution in [0.4, 0.5) is 0 Å². The number of hydrogen-bond acceptors (Lipinski definition) is 4. The number of aliphatic hydroxyl groups is 1. The first kappa shape index (κ1) is 25.6. The molecule has 0 aliphatic carbocycles. The molecule has 0 aliphatic heterocycles. The van der Waals surface area contributed by atoms with Crippen LogP contribution in [-0.2, 0) is 18.5 Å². The van der Waals surface area contributed by atoms with Crippen LogP contribution < -0.4 is 9.47 Å². The van der Waals surface area contributed by atoms with Gasteiger partial charge in [0.05, 0.1) is 7.11 Å². The van der Waals surface area contributed by atoms with Crippen LogP contribution in [0.3, 0.4) is 0 Å². The summed E-state index contributed by atoms with van der Waals surface area (Å²) < 4.78 is 13.2. The number of benzene rings is 2. The van der Waals surface area contributed by atoms with E-state index in [1.807, 2.05) is 30.3 Å². The summed E-state index contributed by atoms with van der Waals surface area (Å²) in [6.07, 6.45) is 3.37. The minimum Gasteiger partial charge on any atom is -0.497 e. The maximum atomic E-state index is 10.6. The van der Waals surface area contributed by atoms with E-state index in [9.17, 15) is 5.11 Å². The second-order valence-corrected chi connectivity index (χ2v) is 9.70. The van der Waals surface area contributed by atoms with Gasteiger partial charge in [-0.1, -0.05) is 51.1 Å². The summed E-state index contributed by atoms with van der Waals surface area (Å²) in [6.45, 7) is 13.5. The molecular weight excluding hydrogens is 424 g/mol. The average Bonchev–Trinajstić information content (AvgIpc) is 3.24. The summed E-state index contributed by atoms with van der Waals surface area (Å²) in [7, 11) is 1.63. The van der Waals surface area contributed by atoms with Gasteiger partial charge in [0.25, 0.3) is 0 Å². The Bertz CT molecular complexity index is 1020. The Balaban J connectivity index is 1.57. The predicted molar refractivity (Wildman–Crippen MR) is 139 cm³/mol. The first-order valence-corrected chi connectivity index (χ1v) is 11.8. The molecule has 3 rings (SSSR count). The highest BCUT2D eigenvalue weighted by Gasteiger charge is 2.15. The minimum absolute atomic E-state index is 0.153. The van der Waals surface area contributed by atoms with E-state index in [2.05, 4.69) is 79.4 Å². The first-order chi connectivity index (χ1) is 16.3. The minimum atomic E-state index is -0.615. The largest absolute Gasteiger partial charge is 0.497 e. The fourth-order valence-corrected chi connectivity index (χ4v) is 3.88. The predicted octanol–water partition coefficient (Wildman–Crippen LogP) is 5.27. The van der Waals surface area contributed by atoms with Gasteiger partial charge >= 0.3 is 0 Å². The Kier molecular flexibility index (Phi) is 8.97. The SMILES string of the molecule is C=CCN(Cc1cccn1Cc1ccc(C(C)(C)C)cc1)CC(O)COc1ccc(OC)cc1. The second-order valence-electron chi connectivity index (χ2n) is 9.70. The van der Waals surface area contributed by atoms with Gasteiger partial charge in [-0.15, -0.1) is 6.58 Å². The summed E-state index contributed by atoms with van der Waals surface area (Å²) in [5, 5.41) is 10.6. The van der Waals surface area contributed by atoms with Crippen LogP contribution in [0.1, 0.15) is 37.6 Å². The van der Waals surface area contributed by atoms with E-state index in [1.54, 1.807) is 7.11 Å². The Morgan fingerprint density at radius 1 is 1.03 bits per heavy atom. The van der Waals surface area contributed by atoms with Crippen molar-refractivity contribution in [3.05, 3.63) is 96.3 Å². The van der Waals surface area contributed by atoms with Crippen LogP contribution >= 0.6 is 0 Å². The van der Waals surface area contributed by atoms with E-state index < -0.39 is 6.10 Å². The molecule has 2 aromatic carbocycles. The molecule has 0 aliphatic rings. The molecule has 0 spiro atoms. The number of nitrogens with zero attached hydrogens (tertiary/aromatic N) is 2. The molecule has 5 nitrogen and oxygen atoms in total. The van der Waals surface area contributed by atoms with Crippen LogP contribution in [0, 0.1) is 0 Å². The van der Waals surface area contributed by atoms with Gasteiger partial charge in [-0.2, -0.15) is 0 Å². The van der Waals surface area contributed by atoms with Gasteiger partial charge in [-0.25, -0.2) is 0 Å². The van der Waals surface area contributed by atoms with Crippen molar-refractivity contribution < 1.29 is 14.6 Å². The number of aromatic nitrogens is 1. The van der Waals surface area contributed by atoms with Gasteiger partial charge in [0, 0.05) is 38.1 Å². The quantitative estimate of drug-likeness (QED) is 0.373. The van der Waals surface area contributed by atoms with E-state index in [0.29, 0.717) is 18.8 Å². The number of hydrogen-bond donors (Lipinski definition) is 1. The number of aliphatic hydroxyl groups excluding tert-OH is 1. The van der Waals surface area contributed by atoms with Crippen molar-refractivity contribution in [1.82, 2.24) is 9.47 Å². The summed E-state index contributed by atoms with van der Waals surface area (Å²) in [5.74, 6) is 1.49. The smallest absolute Gasteiger partial charge is 0.119 e. The molecule has 0 fully saturated rings. The lowest BCUT2D eigenvalue weighted by molar-refractivity contribution is 0.0689. The van der Waals surface area contributed by atoms with E-state index in [-0.39, 0.29) is 12.0 Å². The van der Waals surface area contributed by atoms with Gasteiger partial charge < -0.3 is 19.1 Å². The third kappa shape index (κ3) is 7.51. The van der Waals surface area contributed by atoms with E-state index >= 15 is 0 Å². The van der Waals surface area contributed by atoms with E-state index in [1.165, 1.54) is 16.8 Å². The Labute approximate surface area is 204 Å². The highest BCUT2D eigenvalue weighted by atomic mass is 16.5. The second kappa shape index (κ2) is 11.9. The lowest BCUT2D eigenvalue weighted by Gasteiger charge is -2.25. The monoisotopic (exact) mass is 462 g/mol. The molecule has 0 saturated carbocycles. The molecule has 3 aromatic rings. The molecule has 1 N–H and O–H groups in total. The molecule has 34 heavy (non-hydrogen) atoms. The Morgan fingerprint density at radius 2 is 1.71 bits per heavy atom. The topological polar surface area (TPSA) is 46.9 Å². The van der Waals surface area contributed by atoms with Gasteiger partial charge in [0.1, 0.15) is 24.2 Å². The molecule has 0 bridgehead atoms. The molecule has 1 heterocycles. The van der Waals surface area contributed by atoms with Crippen molar-refractivity contribution in [3.8, 4) is 11.5 Å². The van der Waals surface area contributed by atoms with Crippen molar-refractivity contribution >= 4 is 0 Å². The zero-order chi connectivity index (χ0) is 24.6. The van der Waals surface area contributed by atoms with Crippen molar-refractivity contribution in [3.63, 3.8) is 0 Å². The highest BCUT2D eigenvalue weighted by Crippen LogP contribution is 2.23. The molecule has 0 amide bonds. The fourth-order valence-electron chi connectivity index (χ4n) is 3.88. The Morgan fingerprint density at radius 3 is 2.32 bits per heavy atom. The lowest BCUT2D eigenvalue weighted by atomic mass is 9.87. The van der Waals surface area contributed by atoms with Gasteiger partial charge in [-0.3, -0.25) is 4.90 Å². The molecule has 0 saturated heterocycles. The zero-order valence-electron chi connectivity index (χ0n) is 20.9. The van der Waals surface area contributed by atoms with Crippen molar-refractivity contribution in [2.24, 2.45) is 0 Å². The van der Waals surface area contributed by atoms with Crippen LogP contribution in [0.5, 0.6) is 11.5 Å². The van der Waals surface area contributed by atoms with Gasteiger partial charge in [0.15, 0.2) is 0 Å². The van der Waals surface area contributed by atoms with Crippen LogP contribution in [-0.4, -0.2) is 47.5 Å². The van der Waals surface area contributed by atoms with Crippen LogP contribution in [0.2, 0.25) is 0 Å². The van der Waals surface area contributed by atoms with Crippen molar-refractivity contribution in [1.29, 1.82) is 0 Å². The fraction of sp³-hybridized carbons (Fsp3) is 0.379. The van der Waals surface area contributed by atoms with Crippen LogP contribution in [0.15, 0.2) is 79.5 Å². The first-order valence-electron chi connectivity index (χ1n) is 11.8. The molecule has 1 unspecified atom stereocenters. The Hall–Kier alpha value is -3.02. The third-order valence-electron chi connectivity index (χ3n) is 5.84. The maximum absolute atomic E-state index is 10.6. The average molecular weight is 463 g/mol. The summed E-state index contributed by atoms with van der Waals surface area (Å²) in [6, 6.07) is 20.5. The number of ether oxygens (including phenoxy) is 2. The number of rotatable bonds is 12. The normalized spacial score (nSPS) is 12.5. The lowest BCUT2D eigenvalue weighted by Crippen LogP contribution is -2.36. The summed E-state index contributed by atoms with van der Waals surface area (Å²) in [5.41, 5.74) is 3.96. The molecule has 1 aromatic heterocycles. The molecule has 1 atom stereocenters. The summed E-state index contributed by atoms with van der Waals surface area (Å²) >= 11 is 0. The number of methoxy groups -OCH3 is 1. The molecule has 182 valence electrons. The molecule has 0 radical (unpaired) electrons. The van der Waals surface area contributed by atoms with E-state index in [4.69, 9.17) is 9.47 Å². The van der Waals surface area contributed by atoms with E-state index in [0.717, 1.165) is 18.8 Å². The summed E-state index contributed by atoms with van der Waals surface area (Å²) in [4.78, 5) is 2.18. The van der Waals surface area contributed by atoms with Crippen LogP contribution in [0.25, 0.3) is 0 Å². The molecular formula is C29H38N2O3.